The van der Waals surface area contributed by atoms with E-state index >= 15 is 0 Å². The largest absolute Gasteiger partial charge is 0.479 e. The third-order valence-electron chi connectivity index (χ3n) is 5.67. The lowest BCUT2D eigenvalue weighted by atomic mass is 9.96. The predicted molar refractivity (Wildman–Crippen MR) is 154 cm³/mol. The van der Waals surface area contributed by atoms with Gasteiger partial charge in [0.2, 0.25) is 5.91 Å². The molecule has 0 fully saturated rings. The molecule has 0 aromatic heterocycles. The molecule has 8 heteroatoms. The van der Waals surface area contributed by atoms with E-state index in [1.165, 1.54) is 5.56 Å². The lowest BCUT2D eigenvalue weighted by Crippen LogP contribution is -2.36. The first kappa shape index (κ1) is 28.2. The minimum Gasteiger partial charge on any atom is -0.479 e. The average molecular weight is 538 g/mol. The molecular weight excluding hydrogens is 506 g/mol. The van der Waals surface area contributed by atoms with E-state index < -0.39 is 6.10 Å². The summed E-state index contributed by atoms with van der Waals surface area (Å²) in [5.41, 5.74) is 3.45. The third-order valence-corrected chi connectivity index (χ3v) is 6.19. The van der Waals surface area contributed by atoms with Crippen LogP contribution < -0.4 is 20.7 Å². The van der Waals surface area contributed by atoms with Crippen molar-refractivity contribution in [2.24, 2.45) is 5.92 Å². The highest BCUT2D eigenvalue weighted by Gasteiger charge is 2.18. The number of amides is 2. The van der Waals surface area contributed by atoms with E-state index in [4.69, 9.17) is 28.6 Å². The van der Waals surface area contributed by atoms with Crippen molar-refractivity contribution in [3.8, 4) is 5.75 Å². The van der Waals surface area contributed by atoms with E-state index in [0.29, 0.717) is 28.1 Å². The van der Waals surface area contributed by atoms with Crippen LogP contribution in [0.1, 0.15) is 44.7 Å². The van der Waals surface area contributed by atoms with Gasteiger partial charge in [0.05, 0.1) is 10.9 Å². The number of para-hydroxylation sites is 1. The van der Waals surface area contributed by atoms with Gasteiger partial charge in [-0.2, -0.15) is 0 Å². The van der Waals surface area contributed by atoms with Crippen molar-refractivity contribution in [3.63, 3.8) is 0 Å². The number of thiocarbonyl (C=S) groups is 1. The Labute approximate surface area is 228 Å². The van der Waals surface area contributed by atoms with Gasteiger partial charge in [-0.05, 0) is 85.9 Å². The molecule has 0 saturated heterocycles. The number of carbonyl (C=O) groups is 2. The van der Waals surface area contributed by atoms with Gasteiger partial charge in [0.15, 0.2) is 11.2 Å². The quantitative estimate of drug-likeness (QED) is 0.269. The van der Waals surface area contributed by atoms with Crippen LogP contribution in [0.3, 0.4) is 0 Å². The molecule has 3 N–H and O–H groups in total. The monoisotopic (exact) mass is 537 g/mol. The fourth-order valence-electron chi connectivity index (χ4n) is 3.61. The maximum absolute atomic E-state index is 12.7. The van der Waals surface area contributed by atoms with Crippen molar-refractivity contribution >= 4 is 52.1 Å². The summed E-state index contributed by atoms with van der Waals surface area (Å²) in [6, 6.07) is 22.1. The Balaban J connectivity index is 1.49. The topological polar surface area (TPSA) is 79.5 Å². The minimum absolute atomic E-state index is 0.189. The van der Waals surface area contributed by atoms with Gasteiger partial charge in [-0.1, -0.05) is 61.8 Å². The molecule has 3 rings (SSSR count). The summed E-state index contributed by atoms with van der Waals surface area (Å²) in [5, 5.41) is 9.19. The van der Waals surface area contributed by atoms with Gasteiger partial charge in [0.25, 0.3) is 5.91 Å². The normalized spacial score (nSPS) is 12.4. The highest BCUT2D eigenvalue weighted by atomic mass is 35.5. The Morgan fingerprint density at radius 3 is 2.03 bits per heavy atom. The summed E-state index contributed by atoms with van der Waals surface area (Å²) in [5.74, 6) is 0.178. The first-order valence-electron chi connectivity index (χ1n) is 12.1. The molecule has 0 aliphatic carbocycles. The van der Waals surface area contributed by atoms with Gasteiger partial charge in [-0.3, -0.25) is 9.59 Å². The molecule has 2 atom stereocenters. The van der Waals surface area contributed by atoms with E-state index in [-0.39, 0.29) is 22.8 Å². The fourth-order valence-corrected chi connectivity index (χ4v) is 4.01. The molecule has 0 aliphatic heterocycles. The Bertz CT molecular complexity index is 1230. The Morgan fingerprint density at radius 1 is 0.838 bits per heavy atom. The summed E-state index contributed by atoms with van der Waals surface area (Å²) in [7, 11) is 0. The molecule has 0 bridgehead atoms. The van der Waals surface area contributed by atoms with Crippen LogP contribution in [0, 0.1) is 5.92 Å². The van der Waals surface area contributed by atoms with Crippen LogP contribution in [0.4, 0.5) is 11.4 Å². The average Bonchev–Trinajstić information content (AvgIpc) is 2.86. The number of anilines is 2. The molecule has 3 aromatic rings. The molecule has 2 amide bonds. The number of hydrogen-bond donors (Lipinski definition) is 3. The second kappa shape index (κ2) is 13.2. The number of hydrogen-bond acceptors (Lipinski definition) is 4. The van der Waals surface area contributed by atoms with Gasteiger partial charge in [-0.15, -0.1) is 0 Å². The summed E-state index contributed by atoms with van der Waals surface area (Å²) in [6.45, 7) is 7.86. The molecule has 0 radical (unpaired) electrons. The molecule has 37 heavy (non-hydrogen) atoms. The summed E-state index contributed by atoms with van der Waals surface area (Å²) in [6.07, 6.45) is 0.265. The summed E-state index contributed by atoms with van der Waals surface area (Å²) < 4.78 is 5.65. The molecule has 194 valence electrons. The Kier molecular flexibility index (Phi) is 10.1. The molecule has 0 saturated carbocycles. The zero-order valence-corrected chi connectivity index (χ0v) is 23.0. The standard InChI is InChI=1S/C29H32ClN3O3S/c1-18(2)17-21-9-11-22(12-10-21)19(3)27(34)33-29(37)32-24-15-13-23(14-16-24)31-28(35)20(4)36-26-8-6-5-7-25(26)30/h5-16,18-20H,17H2,1-4H3,(H,31,35)(H2,32,33,34,37). The number of nitrogens with one attached hydrogen (secondary N) is 3. The fraction of sp³-hybridized carbons (Fsp3) is 0.276. The number of ether oxygens (including phenoxy) is 1. The Hall–Kier alpha value is -3.42. The second-order valence-electron chi connectivity index (χ2n) is 9.26. The summed E-state index contributed by atoms with van der Waals surface area (Å²) in [4.78, 5) is 25.2. The maximum Gasteiger partial charge on any atom is 0.265 e. The molecule has 0 spiro atoms. The third kappa shape index (κ3) is 8.58. The van der Waals surface area contributed by atoms with Crippen LogP contribution in [0.5, 0.6) is 5.75 Å². The predicted octanol–water partition coefficient (Wildman–Crippen LogP) is 6.56. The minimum atomic E-state index is -0.742. The van der Waals surface area contributed by atoms with E-state index in [0.717, 1.165) is 12.0 Å². The van der Waals surface area contributed by atoms with Crippen molar-refractivity contribution < 1.29 is 14.3 Å². The van der Waals surface area contributed by atoms with Gasteiger partial charge < -0.3 is 20.7 Å². The van der Waals surface area contributed by atoms with Crippen LogP contribution in [0.25, 0.3) is 0 Å². The number of rotatable bonds is 9. The zero-order chi connectivity index (χ0) is 26.9. The molecule has 6 nitrogen and oxygen atoms in total. The van der Waals surface area contributed by atoms with Crippen LogP contribution in [-0.2, 0) is 16.0 Å². The van der Waals surface area contributed by atoms with Crippen molar-refractivity contribution in [1.82, 2.24) is 5.32 Å². The maximum atomic E-state index is 12.7. The lowest BCUT2D eigenvalue weighted by molar-refractivity contribution is -0.122. The Morgan fingerprint density at radius 2 is 1.43 bits per heavy atom. The SMILES string of the molecule is CC(C)Cc1ccc(C(C)C(=O)NC(=S)Nc2ccc(NC(=O)C(C)Oc3ccccc3Cl)cc2)cc1. The van der Waals surface area contributed by atoms with E-state index in [1.807, 2.05) is 19.1 Å². The summed E-state index contributed by atoms with van der Waals surface area (Å²) >= 11 is 11.4. The number of carbonyl (C=O) groups excluding carboxylic acids is 2. The number of benzene rings is 3. The van der Waals surface area contributed by atoms with Gasteiger partial charge in [0, 0.05) is 11.4 Å². The van der Waals surface area contributed by atoms with Gasteiger partial charge in [0.1, 0.15) is 5.75 Å². The molecule has 2 unspecified atom stereocenters. The highest BCUT2D eigenvalue weighted by Crippen LogP contribution is 2.24. The van der Waals surface area contributed by atoms with Crippen molar-refractivity contribution in [3.05, 3.63) is 88.9 Å². The van der Waals surface area contributed by atoms with E-state index in [1.54, 1.807) is 55.5 Å². The van der Waals surface area contributed by atoms with Crippen molar-refractivity contribution in [2.75, 3.05) is 10.6 Å². The molecular formula is C29H32ClN3O3S. The van der Waals surface area contributed by atoms with E-state index in [2.05, 4.69) is 41.9 Å². The van der Waals surface area contributed by atoms with Crippen molar-refractivity contribution in [2.45, 2.75) is 46.1 Å². The number of halogens is 1. The lowest BCUT2D eigenvalue weighted by Gasteiger charge is -2.16. The van der Waals surface area contributed by atoms with Gasteiger partial charge in [-0.25, -0.2) is 0 Å². The van der Waals surface area contributed by atoms with E-state index in [9.17, 15) is 9.59 Å². The molecule has 0 heterocycles. The second-order valence-corrected chi connectivity index (χ2v) is 10.1. The first-order valence-corrected chi connectivity index (χ1v) is 12.9. The zero-order valence-electron chi connectivity index (χ0n) is 21.4. The highest BCUT2D eigenvalue weighted by molar-refractivity contribution is 7.80. The van der Waals surface area contributed by atoms with Crippen LogP contribution in [0.15, 0.2) is 72.8 Å². The van der Waals surface area contributed by atoms with Crippen molar-refractivity contribution in [1.29, 1.82) is 0 Å². The van der Waals surface area contributed by atoms with Crippen LogP contribution in [-0.4, -0.2) is 23.0 Å². The van der Waals surface area contributed by atoms with Crippen LogP contribution in [0.2, 0.25) is 5.02 Å². The smallest absolute Gasteiger partial charge is 0.265 e. The molecule has 0 aliphatic rings. The van der Waals surface area contributed by atoms with Crippen LogP contribution >= 0.6 is 23.8 Å². The first-order chi connectivity index (χ1) is 17.6. The van der Waals surface area contributed by atoms with Gasteiger partial charge >= 0.3 is 0 Å². The molecule has 3 aromatic carbocycles.